The second-order valence-corrected chi connectivity index (χ2v) is 7.55. The van der Waals surface area contributed by atoms with Crippen molar-refractivity contribution in [3.8, 4) is 0 Å². The molecule has 1 aromatic heterocycles. The molecule has 4 rings (SSSR count). The van der Waals surface area contributed by atoms with Crippen molar-refractivity contribution < 1.29 is 24.0 Å². The van der Waals surface area contributed by atoms with Crippen molar-refractivity contribution in [2.24, 2.45) is 7.05 Å². The molecule has 1 atom stereocenters. The summed E-state index contributed by atoms with van der Waals surface area (Å²) in [6, 6.07) is 4.03. The van der Waals surface area contributed by atoms with E-state index in [0.717, 1.165) is 10.5 Å². The maximum absolute atomic E-state index is 12.8. The van der Waals surface area contributed by atoms with E-state index < -0.39 is 29.7 Å². The number of aromatic nitrogens is 2. The summed E-state index contributed by atoms with van der Waals surface area (Å²) >= 11 is 0. The van der Waals surface area contributed by atoms with Crippen LogP contribution >= 0.6 is 0 Å². The number of piperidine rings is 1. The topological polar surface area (TPSA) is 130 Å². The van der Waals surface area contributed by atoms with Gasteiger partial charge in [0.25, 0.3) is 17.7 Å². The third-order valence-corrected chi connectivity index (χ3v) is 5.46. The van der Waals surface area contributed by atoms with Gasteiger partial charge in [0.15, 0.2) is 5.82 Å². The summed E-state index contributed by atoms with van der Waals surface area (Å²) in [6.07, 6.45) is 4.67. The third-order valence-electron chi connectivity index (χ3n) is 5.46. The molecule has 0 radical (unpaired) electrons. The number of benzene rings is 1. The number of nitrogens with one attached hydrogen (secondary N) is 2. The van der Waals surface area contributed by atoms with Gasteiger partial charge in [-0.1, -0.05) is 6.07 Å². The van der Waals surface area contributed by atoms with Crippen molar-refractivity contribution in [1.82, 2.24) is 25.1 Å². The molecule has 1 saturated heterocycles. The van der Waals surface area contributed by atoms with Gasteiger partial charge >= 0.3 is 0 Å². The molecule has 2 N–H and O–H groups in total. The highest BCUT2D eigenvalue weighted by molar-refractivity contribution is 6.23. The van der Waals surface area contributed by atoms with Gasteiger partial charge in [0.2, 0.25) is 11.8 Å². The van der Waals surface area contributed by atoms with Crippen LogP contribution in [0.15, 0.2) is 30.6 Å². The van der Waals surface area contributed by atoms with Gasteiger partial charge in [0.1, 0.15) is 6.04 Å². The number of amides is 5. The number of nitrogens with zero attached hydrogens (tertiary/aromatic N) is 3. The van der Waals surface area contributed by atoms with E-state index >= 15 is 0 Å². The fourth-order valence-electron chi connectivity index (χ4n) is 3.83. The Kier molecular flexibility index (Phi) is 5.37. The van der Waals surface area contributed by atoms with Gasteiger partial charge in [-0.15, -0.1) is 0 Å². The molecular formula is C21H21N5O5. The SMILES string of the molecule is Cn1ccnc1C(=O)NCCCc1ccc2c(c1)C(=O)N(C1CCC(=O)NC1=O)C2=O. The van der Waals surface area contributed by atoms with Crippen LogP contribution in [0.2, 0.25) is 0 Å². The first-order valence-corrected chi connectivity index (χ1v) is 9.97. The minimum atomic E-state index is -0.977. The van der Waals surface area contributed by atoms with Crippen LogP contribution in [-0.4, -0.2) is 56.6 Å². The largest absolute Gasteiger partial charge is 0.349 e. The average Bonchev–Trinajstić information content (AvgIpc) is 3.27. The molecule has 1 unspecified atom stereocenters. The van der Waals surface area contributed by atoms with E-state index in [0.29, 0.717) is 25.2 Å². The quantitative estimate of drug-likeness (QED) is 0.504. The maximum Gasteiger partial charge on any atom is 0.287 e. The molecule has 1 aromatic carbocycles. The highest BCUT2D eigenvalue weighted by Crippen LogP contribution is 2.28. The van der Waals surface area contributed by atoms with Gasteiger partial charge in [0.05, 0.1) is 11.1 Å². The van der Waals surface area contributed by atoms with E-state index in [1.165, 1.54) is 0 Å². The first-order valence-electron chi connectivity index (χ1n) is 9.97. The summed E-state index contributed by atoms with van der Waals surface area (Å²) in [5.74, 6) is -2.02. The Morgan fingerprint density at radius 1 is 1.19 bits per heavy atom. The van der Waals surface area contributed by atoms with Gasteiger partial charge in [-0.3, -0.25) is 34.2 Å². The molecule has 10 nitrogen and oxygen atoms in total. The standard InChI is InChI=1S/C21H21N5O5/c1-25-10-9-22-17(25)19(29)23-8-2-3-12-4-5-13-14(11-12)21(31)26(20(13)30)15-6-7-16(27)24-18(15)28/h4-5,9-11,15H,2-3,6-8H2,1H3,(H,23,29)(H,24,27,28). The molecule has 0 saturated carbocycles. The van der Waals surface area contributed by atoms with E-state index in [4.69, 9.17) is 0 Å². The third kappa shape index (κ3) is 3.83. The Morgan fingerprint density at radius 3 is 2.68 bits per heavy atom. The molecule has 160 valence electrons. The summed E-state index contributed by atoms with van der Waals surface area (Å²) in [7, 11) is 1.74. The Balaban J connectivity index is 1.38. The predicted molar refractivity (Wildman–Crippen MR) is 107 cm³/mol. The van der Waals surface area contributed by atoms with Gasteiger partial charge in [0, 0.05) is 32.4 Å². The summed E-state index contributed by atoms with van der Waals surface area (Å²) in [6.45, 7) is 0.429. The smallest absolute Gasteiger partial charge is 0.287 e. The molecule has 1 fully saturated rings. The zero-order valence-electron chi connectivity index (χ0n) is 16.9. The second-order valence-electron chi connectivity index (χ2n) is 7.55. The van der Waals surface area contributed by atoms with Crippen LogP contribution in [-0.2, 0) is 23.1 Å². The van der Waals surface area contributed by atoms with Gasteiger partial charge in [-0.2, -0.15) is 0 Å². The molecule has 10 heteroatoms. The number of aryl methyl sites for hydroxylation is 2. The van der Waals surface area contributed by atoms with Gasteiger partial charge < -0.3 is 9.88 Å². The molecular weight excluding hydrogens is 402 g/mol. The highest BCUT2D eigenvalue weighted by atomic mass is 16.2. The van der Waals surface area contributed by atoms with Crippen molar-refractivity contribution in [3.05, 3.63) is 53.1 Å². The minimum absolute atomic E-state index is 0.0824. The van der Waals surface area contributed by atoms with Crippen molar-refractivity contribution in [2.45, 2.75) is 31.7 Å². The molecule has 31 heavy (non-hydrogen) atoms. The molecule has 2 aliphatic rings. The highest BCUT2D eigenvalue weighted by Gasteiger charge is 2.44. The lowest BCUT2D eigenvalue weighted by atomic mass is 10.0. The van der Waals surface area contributed by atoms with E-state index in [-0.39, 0.29) is 29.9 Å². The van der Waals surface area contributed by atoms with Crippen LogP contribution in [0.4, 0.5) is 0 Å². The fourth-order valence-corrected chi connectivity index (χ4v) is 3.83. The zero-order valence-corrected chi connectivity index (χ0v) is 16.9. The van der Waals surface area contributed by atoms with E-state index in [1.807, 2.05) is 0 Å². The molecule has 3 heterocycles. The Bertz CT molecular complexity index is 1110. The fraction of sp³-hybridized carbons (Fsp3) is 0.333. The predicted octanol–water partition coefficient (Wildman–Crippen LogP) is 0.184. The number of hydrogen-bond acceptors (Lipinski definition) is 6. The second kappa shape index (κ2) is 8.13. The Morgan fingerprint density at radius 2 is 1.97 bits per heavy atom. The summed E-state index contributed by atoms with van der Waals surface area (Å²) < 4.78 is 1.63. The zero-order chi connectivity index (χ0) is 22.1. The first-order chi connectivity index (χ1) is 14.9. The van der Waals surface area contributed by atoms with Crippen LogP contribution in [0.3, 0.4) is 0 Å². The molecule has 2 aromatic rings. The average molecular weight is 423 g/mol. The van der Waals surface area contributed by atoms with Gasteiger partial charge in [-0.25, -0.2) is 4.98 Å². The van der Waals surface area contributed by atoms with Crippen LogP contribution in [0.5, 0.6) is 0 Å². The molecule has 2 aliphatic heterocycles. The Labute approximate surface area is 177 Å². The Hall–Kier alpha value is -3.82. The monoisotopic (exact) mass is 423 g/mol. The van der Waals surface area contributed by atoms with Crippen LogP contribution < -0.4 is 10.6 Å². The van der Waals surface area contributed by atoms with E-state index in [2.05, 4.69) is 15.6 Å². The number of carbonyl (C=O) groups excluding carboxylic acids is 5. The lowest BCUT2D eigenvalue weighted by Gasteiger charge is -2.27. The van der Waals surface area contributed by atoms with Crippen LogP contribution in [0.1, 0.15) is 56.2 Å². The first kappa shape index (κ1) is 20.5. The lowest BCUT2D eigenvalue weighted by molar-refractivity contribution is -0.136. The van der Waals surface area contributed by atoms with Crippen LogP contribution in [0, 0.1) is 0 Å². The van der Waals surface area contributed by atoms with E-state index in [1.54, 1.807) is 42.2 Å². The van der Waals surface area contributed by atoms with Gasteiger partial charge in [-0.05, 0) is 37.0 Å². The maximum atomic E-state index is 12.8. The number of hydrogen-bond donors (Lipinski definition) is 2. The lowest BCUT2D eigenvalue weighted by Crippen LogP contribution is -2.54. The van der Waals surface area contributed by atoms with Crippen molar-refractivity contribution >= 4 is 29.5 Å². The minimum Gasteiger partial charge on any atom is -0.349 e. The van der Waals surface area contributed by atoms with Crippen molar-refractivity contribution in [3.63, 3.8) is 0 Å². The number of rotatable bonds is 6. The molecule has 0 aliphatic carbocycles. The number of imide groups is 2. The van der Waals surface area contributed by atoms with Crippen molar-refractivity contribution in [1.29, 1.82) is 0 Å². The summed E-state index contributed by atoms with van der Waals surface area (Å²) in [5, 5.41) is 4.98. The van der Waals surface area contributed by atoms with E-state index in [9.17, 15) is 24.0 Å². The summed E-state index contributed by atoms with van der Waals surface area (Å²) in [4.78, 5) is 66.0. The molecule has 5 amide bonds. The molecule has 0 bridgehead atoms. The summed E-state index contributed by atoms with van der Waals surface area (Å²) in [5.41, 5.74) is 1.35. The normalized spacial score (nSPS) is 18.2. The number of carbonyl (C=O) groups is 5. The number of imidazole rings is 1. The van der Waals surface area contributed by atoms with Crippen LogP contribution in [0.25, 0.3) is 0 Å². The number of fused-ring (bicyclic) bond motifs is 1. The van der Waals surface area contributed by atoms with Crippen molar-refractivity contribution in [2.75, 3.05) is 6.54 Å². The molecule has 0 spiro atoms.